The number of imide groups is 1. The standard InChI is InChI=1S/C26H29NO14/c1-12(28)36-11-18-22(37-13(2)29)24(39-15(4)31)23(38-14(3)30)21(40-18)16-5-7-17(8-6-16)25(41-26(34)35)27-19(32)9-10-20(27)33/h5-8,18,21-25H,9-11H2,1-4H3,(H,34,35)/t18-,21-,22+,23+,24+,25?/m1/s1. The predicted octanol–water partition coefficient (Wildman–Crippen LogP) is 1.33. The molecule has 2 aliphatic rings. The fraction of sp³-hybridized carbons (Fsp3) is 0.500. The van der Waals surface area contributed by atoms with Crippen LogP contribution in [0, 0.1) is 0 Å². The third-order valence-electron chi connectivity index (χ3n) is 6.08. The molecule has 1 aromatic carbocycles. The van der Waals surface area contributed by atoms with Crippen LogP contribution >= 0.6 is 0 Å². The summed E-state index contributed by atoms with van der Waals surface area (Å²) in [6.07, 6.45) is -9.90. The Balaban J connectivity index is 2.04. The quantitative estimate of drug-likeness (QED) is 0.250. The number of hydrogen-bond donors (Lipinski definition) is 1. The largest absolute Gasteiger partial charge is 0.507 e. The third kappa shape index (κ3) is 7.78. The van der Waals surface area contributed by atoms with E-state index in [1.165, 1.54) is 24.3 Å². The number of rotatable bonds is 9. The van der Waals surface area contributed by atoms with Crippen molar-refractivity contribution in [2.45, 2.75) is 77.3 Å². The van der Waals surface area contributed by atoms with Crippen molar-refractivity contribution in [3.8, 4) is 0 Å². The molecule has 2 amide bonds. The lowest BCUT2D eigenvalue weighted by molar-refractivity contribution is -0.254. The summed E-state index contributed by atoms with van der Waals surface area (Å²) in [6, 6.07) is 5.60. The molecule has 1 aromatic rings. The zero-order chi connectivity index (χ0) is 30.4. The van der Waals surface area contributed by atoms with Crippen LogP contribution in [0.5, 0.6) is 0 Å². The second-order valence-corrected chi connectivity index (χ2v) is 9.18. The van der Waals surface area contributed by atoms with Gasteiger partial charge in [-0.1, -0.05) is 24.3 Å². The van der Waals surface area contributed by atoms with Crippen molar-refractivity contribution in [3.05, 3.63) is 35.4 Å². The zero-order valence-electron chi connectivity index (χ0n) is 22.6. The Morgan fingerprint density at radius 2 is 1.34 bits per heavy atom. The second-order valence-electron chi connectivity index (χ2n) is 9.18. The van der Waals surface area contributed by atoms with E-state index in [2.05, 4.69) is 0 Å². The number of amides is 2. The molecule has 1 N–H and O–H groups in total. The Hall–Kier alpha value is -4.53. The van der Waals surface area contributed by atoms with Crippen LogP contribution in [0.4, 0.5) is 4.79 Å². The molecular weight excluding hydrogens is 550 g/mol. The number of carboxylic acid groups (broad SMARTS) is 1. The summed E-state index contributed by atoms with van der Waals surface area (Å²) in [4.78, 5) is 84.1. The highest BCUT2D eigenvalue weighted by molar-refractivity contribution is 6.02. The fourth-order valence-corrected chi connectivity index (χ4v) is 4.57. The van der Waals surface area contributed by atoms with Crippen LogP contribution in [-0.2, 0) is 57.2 Å². The maximum atomic E-state index is 12.3. The molecule has 41 heavy (non-hydrogen) atoms. The summed E-state index contributed by atoms with van der Waals surface area (Å²) in [6.45, 7) is 4.04. The van der Waals surface area contributed by atoms with Gasteiger partial charge in [-0.15, -0.1) is 0 Å². The van der Waals surface area contributed by atoms with Gasteiger partial charge in [-0.2, -0.15) is 0 Å². The highest BCUT2D eigenvalue weighted by atomic mass is 16.7. The molecule has 2 heterocycles. The topological polar surface area (TPSA) is 198 Å². The van der Waals surface area contributed by atoms with Crippen LogP contribution in [0.3, 0.4) is 0 Å². The van der Waals surface area contributed by atoms with Crippen LogP contribution in [0.2, 0.25) is 0 Å². The Kier molecular flexibility index (Phi) is 9.99. The van der Waals surface area contributed by atoms with Crippen molar-refractivity contribution in [2.24, 2.45) is 0 Å². The maximum absolute atomic E-state index is 12.3. The summed E-state index contributed by atoms with van der Waals surface area (Å²) < 4.78 is 32.2. The average Bonchev–Trinajstić information content (AvgIpc) is 3.20. The van der Waals surface area contributed by atoms with Crippen molar-refractivity contribution in [2.75, 3.05) is 6.61 Å². The van der Waals surface area contributed by atoms with E-state index >= 15 is 0 Å². The van der Waals surface area contributed by atoms with Crippen LogP contribution in [0.1, 0.15) is 64.0 Å². The van der Waals surface area contributed by atoms with Gasteiger partial charge in [-0.25, -0.2) is 9.69 Å². The molecule has 15 heteroatoms. The lowest BCUT2D eigenvalue weighted by atomic mass is 9.90. The molecular formula is C26H29NO14. The third-order valence-corrected chi connectivity index (χ3v) is 6.08. The summed E-state index contributed by atoms with van der Waals surface area (Å²) in [5.41, 5.74) is 0.435. The zero-order valence-corrected chi connectivity index (χ0v) is 22.6. The second kappa shape index (κ2) is 13.2. The number of nitrogens with zero attached hydrogens (tertiary/aromatic N) is 1. The number of carbonyl (C=O) groups excluding carboxylic acids is 6. The Morgan fingerprint density at radius 3 is 1.83 bits per heavy atom. The molecule has 2 fully saturated rings. The minimum atomic E-state index is -1.72. The molecule has 0 saturated carbocycles. The van der Waals surface area contributed by atoms with Gasteiger partial charge >= 0.3 is 30.0 Å². The SMILES string of the molecule is CC(=O)OC[C@H]1O[C@H](c2ccc(C(OC(=O)O)N3C(=O)CCC3=O)cc2)[C@H](OC(C)=O)[C@@H](OC(C)=O)[C@H]1OC(C)=O. The highest BCUT2D eigenvalue weighted by Crippen LogP contribution is 2.38. The van der Waals surface area contributed by atoms with Gasteiger partial charge in [0.2, 0.25) is 18.0 Å². The first-order valence-electron chi connectivity index (χ1n) is 12.4. The molecule has 0 aliphatic carbocycles. The molecule has 2 aliphatic heterocycles. The van der Waals surface area contributed by atoms with Crippen LogP contribution in [-0.4, -0.2) is 82.9 Å². The molecule has 222 valence electrons. The molecule has 1 unspecified atom stereocenters. The van der Waals surface area contributed by atoms with Gasteiger partial charge in [-0.3, -0.25) is 28.8 Å². The van der Waals surface area contributed by atoms with E-state index in [-0.39, 0.29) is 18.4 Å². The molecule has 15 nitrogen and oxygen atoms in total. The summed E-state index contributed by atoms with van der Waals surface area (Å²) in [7, 11) is 0. The van der Waals surface area contributed by atoms with Gasteiger partial charge in [-0.05, 0) is 5.56 Å². The van der Waals surface area contributed by atoms with E-state index < -0.39 is 85.2 Å². The van der Waals surface area contributed by atoms with Gasteiger partial charge in [0, 0.05) is 46.1 Å². The predicted molar refractivity (Wildman–Crippen MR) is 130 cm³/mol. The Morgan fingerprint density at radius 1 is 0.829 bits per heavy atom. The summed E-state index contributed by atoms with van der Waals surface area (Å²) >= 11 is 0. The number of benzene rings is 1. The van der Waals surface area contributed by atoms with Gasteiger partial charge < -0.3 is 33.5 Å². The number of likely N-dealkylation sites (tertiary alicyclic amines) is 1. The molecule has 0 spiro atoms. The molecule has 6 atom stereocenters. The van der Waals surface area contributed by atoms with Crippen LogP contribution in [0.25, 0.3) is 0 Å². The van der Waals surface area contributed by atoms with Crippen molar-refractivity contribution >= 4 is 41.8 Å². The van der Waals surface area contributed by atoms with Crippen LogP contribution in [0.15, 0.2) is 24.3 Å². The minimum absolute atomic E-state index is 0.0961. The fourth-order valence-electron chi connectivity index (χ4n) is 4.57. The molecule has 0 radical (unpaired) electrons. The van der Waals surface area contributed by atoms with E-state index in [1.54, 1.807) is 0 Å². The van der Waals surface area contributed by atoms with Gasteiger partial charge in [0.1, 0.15) is 18.8 Å². The highest BCUT2D eigenvalue weighted by Gasteiger charge is 2.52. The lowest BCUT2D eigenvalue weighted by Gasteiger charge is -2.44. The Labute approximate surface area is 233 Å². The number of esters is 4. The average molecular weight is 580 g/mol. The van der Waals surface area contributed by atoms with Crippen molar-refractivity contribution in [1.82, 2.24) is 4.90 Å². The summed E-state index contributed by atoms with van der Waals surface area (Å²) in [5, 5.41) is 9.21. The van der Waals surface area contributed by atoms with Gasteiger partial charge in [0.25, 0.3) is 0 Å². The first kappa shape index (κ1) is 31.0. The molecule has 2 saturated heterocycles. The maximum Gasteiger partial charge on any atom is 0.507 e. The number of carbonyl (C=O) groups is 7. The van der Waals surface area contributed by atoms with E-state index in [0.29, 0.717) is 5.56 Å². The van der Waals surface area contributed by atoms with Crippen molar-refractivity contribution < 1.29 is 67.1 Å². The van der Waals surface area contributed by atoms with Gasteiger partial charge in [0.15, 0.2) is 18.3 Å². The summed E-state index contributed by atoms with van der Waals surface area (Å²) in [5.74, 6) is -4.23. The van der Waals surface area contributed by atoms with Gasteiger partial charge in [0.05, 0.1) is 0 Å². The van der Waals surface area contributed by atoms with E-state index in [9.17, 15) is 38.7 Å². The molecule has 3 rings (SSSR count). The van der Waals surface area contributed by atoms with E-state index in [1.807, 2.05) is 0 Å². The normalized spacial score (nSPS) is 24.7. The number of hydrogen-bond acceptors (Lipinski definition) is 13. The van der Waals surface area contributed by atoms with Crippen LogP contribution < -0.4 is 0 Å². The van der Waals surface area contributed by atoms with Crippen molar-refractivity contribution in [3.63, 3.8) is 0 Å². The Bertz CT molecular complexity index is 1200. The minimum Gasteiger partial charge on any atom is -0.463 e. The first-order chi connectivity index (χ1) is 19.3. The lowest BCUT2D eigenvalue weighted by Crippen LogP contribution is -2.59. The smallest absolute Gasteiger partial charge is 0.463 e. The molecule has 0 aromatic heterocycles. The van der Waals surface area contributed by atoms with E-state index in [4.69, 9.17) is 28.4 Å². The first-order valence-corrected chi connectivity index (χ1v) is 12.4. The van der Waals surface area contributed by atoms with E-state index in [0.717, 1.165) is 32.6 Å². The monoisotopic (exact) mass is 579 g/mol. The van der Waals surface area contributed by atoms with Crippen molar-refractivity contribution in [1.29, 1.82) is 0 Å². The molecule has 0 bridgehead atoms. The number of ether oxygens (including phenoxy) is 6.